The van der Waals surface area contributed by atoms with Gasteiger partial charge in [-0.25, -0.2) is 0 Å². The maximum absolute atomic E-state index is 11.1. The van der Waals surface area contributed by atoms with Gasteiger partial charge in [0.25, 0.3) is 0 Å². The lowest BCUT2D eigenvalue weighted by molar-refractivity contribution is -0.116. The largest absolute Gasteiger partial charge is 0.403 e. The summed E-state index contributed by atoms with van der Waals surface area (Å²) in [5.41, 5.74) is 0.832. The zero-order valence-electron chi connectivity index (χ0n) is 9.04. The summed E-state index contributed by atoms with van der Waals surface area (Å²) < 4.78 is 5.38. The van der Waals surface area contributed by atoms with E-state index in [-0.39, 0.29) is 11.9 Å². The van der Waals surface area contributed by atoms with Crippen molar-refractivity contribution >= 4 is 11.9 Å². The van der Waals surface area contributed by atoms with Crippen molar-refractivity contribution in [3.8, 4) is 11.5 Å². The lowest BCUT2D eigenvalue weighted by Gasteiger charge is -2.06. The minimum Gasteiger partial charge on any atom is -0.403 e. The quantitative estimate of drug-likeness (QED) is 0.768. The average Bonchev–Trinajstić information content (AvgIpc) is 2.78. The van der Waals surface area contributed by atoms with E-state index in [1.54, 1.807) is 7.05 Å². The summed E-state index contributed by atoms with van der Waals surface area (Å²) in [4.78, 5) is 12.4. The Bertz CT molecular complexity index is 493. The van der Waals surface area contributed by atoms with Gasteiger partial charge in [0.05, 0.1) is 0 Å². The number of carbonyl (C=O) groups is 1. The fourth-order valence-electron chi connectivity index (χ4n) is 1.18. The van der Waals surface area contributed by atoms with E-state index in [2.05, 4.69) is 10.2 Å². The third-order valence-electron chi connectivity index (χ3n) is 2.19. The summed E-state index contributed by atoms with van der Waals surface area (Å²) in [5.74, 6) is 0.256. The SMILES string of the molecule is CC(=O)N(C)c1nnc(-c2ccccc2)o1. The van der Waals surface area contributed by atoms with Gasteiger partial charge < -0.3 is 4.42 Å². The highest BCUT2D eigenvalue weighted by atomic mass is 16.4. The lowest BCUT2D eigenvalue weighted by atomic mass is 10.2. The van der Waals surface area contributed by atoms with E-state index < -0.39 is 0 Å². The van der Waals surface area contributed by atoms with Gasteiger partial charge in [-0.2, -0.15) is 0 Å². The molecule has 16 heavy (non-hydrogen) atoms. The maximum atomic E-state index is 11.1. The van der Waals surface area contributed by atoms with Crippen molar-refractivity contribution in [3.63, 3.8) is 0 Å². The number of aromatic nitrogens is 2. The predicted octanol–water partition coefficient (Wildman–Crippen LogP) is 1.72. The molecule has 0 spiro atoms. The van der Waals surface area contributed by atoms with E-state index in [4.69, 9.17) is 4.42 Å². The molecule has 2 aromatic rings. The van der Waals surface area contributed by atoms with Crippen LogP contribution in [0.2, 0.25) is 0 Å². The Morgan fingerprint density at radius 1 is 1.25 bits per heavy atom. The van der Waals surface area contributed by atoms with Crippen molar-refractivity contribution in [1.82, 2.24) is 10.2 Å². The normalized spacial score (nSPS) is 10.1. The van der Waals surface area contributed by atoms with E-state index in [0.717, 1.165) is 5.56 Å². The molecule has 0 saturated heterocycles. The molecule has 0 radical (unpaired) electrons. The number of carbonyl (C=O) groups excluding carboxylic acids is 1. The first-order valence-corrected chi connectivity index (χ1v) is 4.81. The van der Waals surface area contributed by atoms with Crippen LogP contribution in [0.25, 0.3) is 11.5 Å². The highest BCUT2D eigenvalue weighted by Gasteiger charge is 2.14. The first-order valence-electron chi connectivity index (χ1n) is 4.81. The molecule has 1 aromatic heterocycles. The van der Waals surface area contributed by atoms with E-state index in [1.165, 1.54) is 11.8 Å². The summed E-state index contributed by atoms with van der Waals surface area (Å²) in [5, 5.41) is 7.68. The Balaban J connectivity index is 2.30. The Morgan fingerprint density at radius 2 is 1.94 bits per heavy atom. The minimum absolute atomic E-state index is 0.150. The average molecular weight is 217 g/mol. The fourth-order valence-corrected chi connectivity index (χ4v) is 1.18. The molecule has 0 atom stereocenters. The van der Waals surface area contributed by atoms with E-state index in [1.807, 2.05) is 30.3 Å². The topological polar surface area (TPSA) is 59.2 Å². The predicted molar refractivity (Wildman–Crippen MR) is 58.8 cm³/mol. The van der Waals surface area contributed by atoms with Crippen molar-refractivity contribution in [2.75, 3.05) is 11.9 Å². The fraction of sp³-hybridized carbons (Fsp3) is 0.182. The summed E-state index contributed by atoms with van der Waals surface area (Å²) in [6.07, 6.45) is 0. The first kappa shape index (κ1) is 10.4. The molecule has 1 amide bonds. The van der Waals surface area contributed by atoms with E-state index in [0.29, 0.717) is 5.89 Å². The van der Waals surface area contributed by atoms with Crippen LogP contribution in [0.4, 0.5) is 6.01 Å². The summed E-state index contributed by atoms with van der Waals surface area (Å²) in [7, 11) is 1.59. The molecule has 1 heterocycles. The first-order chi connectivity index (χ1) is 7.68. The van der Waals surface area contributed by atoms with Gasteiger partial charge in [0.15, 0.2) is 0 Å². The van der Waals surface area contributed by atoms with Gasteiger partial charge in [-0.05, 0) is 12.1 Å². The Hall–Kier alpha value is -2.17. The van der Waals surface area contributed by atoms with Gasteiger partial charge in [-0.15, -0.1) is 5.10 Å². The van der Waals surface area contributed by atoms with Gasteiger partial charge in [0, 0.05) is 19.5 Å². The summed E-state index contributed by atoms with van der Waals surface area (Å²) >= 11 is 0. The zero-order chi connectivity index (χ0) is 11.5. The molecule has 0 fully saturated rings. The second kappa shape index (κ2) is 4.14. The van der Waals surface area contributed by atoms with Crippen LogP contribution in [0.5, 0.6) is 0 Å². The van der Waals surface area contributed by atoms with Crippen molar-refractivity contribution < 1.29 is 9.21 Å². The van der Waals surface area contributed by atoms with Crippen LogP contribution in [-0.4, -0.2) is 23.2 Å². The van der Waals surface area contributed by atoms with E-state index >= 15 is 0 Å². The molecule has 1 aromatic carbocycles. The van der Waals surface area contributed by atoms with Gasteiger partial charge in [-0.1, -0.05) is 23.3 Å². The van der Waals surface area contributed by atoms with Crippen LogP contribution in [0.15, 0.2) is 34.7 Å². The third-order valence-corrected chi connectivity index (χ3v) is 2.19. The van der Waals surface area contributed by atoms with Crippen molar-refractivity contribution in [3.05, 3.63) is 30.3 Å². The highest BCUT2D eigenvalue weighted by Crippen LogP contribution is 2.20. The standard InChI is InChI=1S/C11H11N3O2/c1-8(15)14(2)11-13-12-10(16-11)9-6-4-3-5-7-9/h3-7H,1-2H3. The molecule has 5 heteroatoms. The van der Waals surface area contributed by atoms with Crippen LogP contribution >= 0.6 is 0 Å². The molecule has 0 unspecified atom stereocenters. The number of hydrogen-bond donors (Lipinski definition) is 0. The summed E-state index contributed by atoms with van der Waals surface area (Å²) in [6, 6.07) is 9.60. The number of nitrogens with zero attached hydrogens (tertiary/aromatic N) is 3. The second-order valence-electron chi connectivity index (χ2n) is 3.33. The molecule has 82 valence electrons. The number of anilines is 1. The molecule has 0 aliphatic heterocycles. The zero-order valence-corrected chi connectivity index (χ0v) is 9.04. The number of amides is 1. The third kappa shape index (κ3) is 1.93. The molecule has 0 bridgehead atoms. The van der Waals surface area contributed by atoms with Gasteiger partial charge in [-0.3, -0.25) is 9.69 Å². The van der Waals surface area contributed by atoms with Crippen molar-refractivity contribution in [1.29, 1.82) is 0 Å². The smallest absolute Gasteiger partial charge is 0.325 e. The van der Waals surface area contributed by atoms with Gasteiger partial charge in [0.1, 0.15) is 0 Å². The Labute approximate surface area is 92.7 Å². The van der Waals surface area contributed by atoms with E-state index in [9.17, 15) is 4.79 Å². The molecule has 0 aliphatic carbocycles. The monoisotopic (exact) mass is 217 g/mol. The molecule has 0 saturated carbocycles. The second-order valence-corrected chi connectivity index (χ2v) is 3.33. The number of rotatable bonds is 2. The van der Waals surface area contributed by atoms with Gasteiger partial charge in [0.2, 0.25) is 11.8 Å². The number of benzene rings is 1. The number of hydrogen-bond acceptors (Lipinski definition) is 4. The van der Waals surface area contributed by atoms with Crippen LogP contribution in [0.1, 0.15) is 6.92 Å². The minimum atomic E-state index is -0.150. The van der Waals surface area contributed by atoms with Gasteiger partial charge >= 0.3 is 6.01 Å². The highest BCUT2D eigenvalue weighted by molar-refractivity contribution is 5.88. The maximum Gasteiger partial charge on any atom is 0.325 e. The molecule has 0 N–H and O–H groups in total. The molecular weight excluding hydrogens is 206 g/mol. The molecule has 5 nitrogen and oxygen atoms in total. The van der Waals surface area contributed by atoms with Crippen molar-refractivity contribution in [2.45, 2.75) is 6.92 Å². The Kier molecular flexibility index (Phi) is 2.68. The molecule has 0 aliphatic rings. The lowest BCUT2D eigenvalue weighted by Crippen LogP contribution is -2.22. The van der Waals surface area contributed by atoms with Crippen molar-refractivity contribution in [2.24, 2.45) is 0 Å². The van der Waals surface area contributed by atoms with Crippen LogP contribution in [0, 0.1) is 0 Å². The Morgan fingerprint density at radius 3 is 2.56 bits per heavy atom. The van der Waals surface area contributed by atoms with Crippen LogP contribution < -0.4 is 4.90 Å². The molecule has 2 rings (SSSR count). The van der Waals surface area contributed by atoms with Crippen LogP contribution in [0.3, 0.4) is 0 Å². The molecular formula is C11H11N3O2. The van der Waals surface area contributed by atoms with Crippen LogP contribution in [-0.2, 0) is 4.79 Å². The summed E-state index contributed by atoms with van der Waals surface area (Å²) in [6.45, 7) is 1.44.